The predicted octanol–water partition coefficient (Wildman–Crippen LogP) is 3.91. The molecule has 0 aliphatic rings. The summed E-state index contributed by atoms with van der Waals surface area (Å²) in [6.07, 6.45) is -0.746. The number of hydrogen-bond acceptors (Lipinski definition) is 5. The van der Waals surface area contributed by atoms with Crippen molar-refractivity contribution in [3.05, 3.63) is 68.7 Å². The van der Waals surface area contributed by atoms with Gasteiger partial charge in [0.15, 0.2) is 18.5 Å². The van der Waals surface area contributed by atoms with Gasteiger partial charge in [-0.1, -0.05) is 35.3 Å². The van der Waals surface area contributed by atoms with Crippen LogP contribution in [0, 0.1) is 0 Å². The maximum absolute atomic E-state index is 12.1. The van der Waals surface area contributed by atoms with Crippen molar-refractivity contribution >= 4 is 40.1 Å². The first kappa shape index (κ1) is 18.2. The van der Waals surface area contributed by atoms with Crippen molar-refractivity contribution in [2.24, 2.45) is 0 Å². The van der Waals surface area contributed by atoms with Crippen LogP contribution < -0.4 is 10.3 Å². The van der Waals surface area contributed by atoms with Crippen molar-refractivity contribution in [2.75, 3.05) is 6.61 Å². The average Bonchev–Trinajstić information content (AvgIpc) is 2.61. The topological polar surface area (TPSA) is 81.3 Å². The van der Waals surface area contributed by atoms with Crippen molar-refractivity contribution in [2.45, 2.75) is 13.0 Å². The van der Waals surface area contributed by atoms with Crippen LogP contribution in [0.1, 0.15) is 18.9 Å². The molecule has 3 aromatic rings. The van der Waals surface area contributed by atoms with Crippen LogP contribution >= 0.6 is 23.2 Å². The predicted molar refractivity (Wildman–Crippen MR) is 98.8 cm³/mol. The molecule has 1 heterocycles. The van der Waals surface area contributed by atoms with E-state index in [2.05, 4.69) is 9.97 Å². The number of H-pyrrole nitrogens is 1. The Morgan fingerprint density at radius 1 is 1.23 bits per heavy atom. The maximum atomic E-state index is 12.1. The number of hydrogen-bond donors (Lipinski definition) is 1. The molecule has 0 radical (unpaired) electrons. The van der Waals surface area contributed by atoms with Crippen LogP contribution in [0.25, 0.3) is 10.9 Å². The standard InChI is InChI=1S/C18H14Cl2N2O4/c1-10(17-21-14-5-3-2-4-12(14)18(24)22-17)26-16(23)9-25-15-7-6-11(19)8-13(15)20/h2-8,10H,9H2,1H3,(H,21,22,24). The molecule has 0 fully saturated rings. The molecule has 8 heteroatoms. The van der Waals surface area contributed by atoms with Crippen LogP contribution in [-0.2, 0) is 9.53 Å². The molecular weight excluding hydrogens is 379 g/mol. The highest BCUT2D eigenvalue weighted by atomic mass is 35.5. The average molecular weight is 393 g/mol. The third-order valence-corrected chi connectivity index (χ3v) is 4.09. The fraction of sp³-hybridized carbons (Fsp3) is 0.167. The summed E-state index contributed by atoms with van der Waals surface area (Å²) in [6, 6.07) is 11.6. The number of carbonyl (C=O) groups is 1. The Kier molecular flexibility index (Phi) is 5.44. The monoisotopic (exact) mass is 392 g/mol. The molecule has 0 saturated carbocycles. The summed E-state index contributed by atoms with van der Waals surface area (Å²) in [7, 11) is 0. The number of rotatable bonds is 5. The second-order valence-corrected chi connectivity index (χ2v) is 6.31. The van der Waals surface area contributed by atoms with E-state index in [4.69, 9.17) is 32.7 Å². The van der Waals surface area contributed by atoms with E-state index < -0.39 is 12.1 Å². The quantitative estimate of drug-likeness (QED) is 0.665. The number of aromatic nitrogens is 2. The largest absolute Gasteiger partial charge is 0.480 e. The minimum absolute atomic E-state index is 0.256. The highest BCUT2D eigenvalue weighted by Gasteiger charge is 2.16. The molecule has 6 nitrogen and oxygen atoms in total. The molecule has 1 unspecified atom stereocenters. The number of para-hydroxylation sites is 1. The molecular formula is C18H14Cl2N2O4. The van der Waals surface area contributed by atoms with Crippen LogP contribution in [-0.4, -0.2) is 22.5 Å². The fourth-order valence-corrected chi connectivity index (χ4v) is 2.78. The minimum atomic E-state index is -0.746. The third kappa shape index (κ3) is 4.15. The van der Waals surface area contributed by atoms with Crippen LogP contribution in [0.3, 0.4) is 0 Å². The van der Waals surface area contributed by atoms with E-state index >= 15 is 0 Å². The summed E-state index contributed by atoms with van der Waals surface area (Å²) in [5.74, 6) is -0.0520. The number of benzene rings is 2. The summed E-state index contributed by atoms with van der Waals surface area (Å²) >= 11 is 11.8. The van der Waals surface area contributed by atoms with Crippen molar-refractivity contribution in [1.82, 2.24) is 9.97 Å². The molecule has 1 N–H and O–H groups in total. The van der Waals surface area contributed by atoms with E-state index in [1.165, 1.54) is 6.07 Å². The van der Waals surface area contributed by atoms with Gasteiger partial charge in [0.1, 0.15) is 5.75 Å². The lowest BCUT2D eigenvalue weighted by atomic mass is 10.2. The van der Waals surface area contributed by atoms with Gasteiger partial charge in [-0.25, -0.2) is 9.78 Å². The van der Waals surface area contributed by atoms with Crippen LogP contribution in [0.4, 0.5) is 0 Å². The highest BCUT2D eigenvalue weighted by molar-refractivity contribution is 6.35. The van der Waals surface area contributed by atoms with E-state index in [0.717, 1.165) is 0 Å². The number of fused-ring (bicyclic) bond motifs is 1. The Balaban J connectivity index is 1.66. The number of nitrogens with one attached hydrogen (secondary N) is 1. The maximum Gasteiger partial charge on any atom is 0.344 e. The number of esters is 1. The molecule has 0 aliphatic carbocycles. The molecule has 0 saturated heterocycles. The van der Waals surface area contributed by atoms with Crippen molar-refractivity contribution < 1.29 is 14.3 Å². The van der Waals surface area contributed by atoms with Gasteiger partial charge in [-0.3, -0.25) is 4.79 Å². The first-order chi connectivity index (χ1) is 12.4. The highest BCUT2D eigenvalue weighted by Crippen LogP contribution is 2.27. The Hall–Kier alpha value is -2.57. The molecule has 134 valence electrons. The normalized spacial score (nSPS) is 12.0. The smallest absolute Gasteiger partial charge is 0.344 e. The number of ether oxygens (including phenoxy) is 2. The lowest BCUT2D eigenvalue weighted by molar-refractivity contribution is -0.151. The molecule has 1 atom stereocenters. The Morgan fingerprint density at radius 2 is 2.00 bits per heavy atom. The van der Waals surface area contributed by atoms with Gasteiger partial charge in [-0.15, -0.1) is 0 Å². The van der Waals surface area contributed by atoms with Crippen molar-refractivity contribution in [3.63, 3.8) is 0 Å². The molecule has 3 rings (SSSR count). The second-order valence-electron chi connectivity index (χ2n) is 5.46. The zero-order chi connectivity index (χ0) is 18.7. The Morgan fingerprint density at radius 3 is 2.77 bits per heavy atom. The van der Waals surface area contributed by atoms with Gasteiger partial charge in [-0.05, 0) is 37.3 Å². The molecule has 26 heavy (non-hydrogen) atoms. The zero-order valence-electron chi connectivity index (χ0n) is 13.7. The number of nitrogens with zero attached hydrogens (tertiary/aromatic N) is 1. The van der Waals surface area contributed by atoms with Gasteiger partial charge in [0.05, 0.1) is 15.9 Å². The molecule has 2 aromatic carbocycles. The van der Waals surface area contributed by atoms with E-state index in [9.17, 15) is 9.59 Å². The van der Waals surface area contributed by atoms with Gasteiger partial charge in [-0.2, -0.15) is 0 Å². The van der Waals surface area contributed by atoms with Gasteiger partial charge in [0.2, 0.25) is 0 Å². The lowest BCUT2D eigenvalue weighted by Gasteiger charge is -2.14. The SMILES string of the molecule is CC(OC(=O)COc1ccc(Cl)cc1Cl)c1nc2ccccc2c(=O)[nH]1. The minimum Gasteiger partial charge on any atom is -0.480 e. The lowest BCUT2D eigenvalue weighted by Crippen LogP contribution is -2.20. The number of aromatic amines is 1. The first-order valence-electron chi connectivity index (χ1n) is 7.70. The summed E-state index contributed by atoms with van der Waals surface area (Å²) in [4.78, 5) is 31.0. The van der Waals surface area contributed by atoms with Gasteiger partial charge >= 0.3 is 5.97 Å². The molecule has 0 spiro atoms. The van der Waals surface area contributed by atoms with Gasteiger partial charge in [0, 0.05) is 5.02 Å². The summed E-state index contributed by atoms with van der Waals surface area (Å²) < 4.78 is 10.6. The first-order valence-corrected chi connectivity index (χ1v) is 8.46. The van der Waals surface area contributed by atoms with E-state index in [0.29, 0.717) is 26.7 Å². The Labute approximate surface area is 158 Å². The van der Waals surface area contributed by atoms with Crippen LogP contribution in [0.5, 0.6) is 5.75 Å². The van der Waals surface area contributed by atoms with Gasteiger partial charge in [0.25, 0.3) is 5.56 Å². The Bertz CT molecular complexity index is 1020. The zero-order valence-corrected chi connectivity index (χ0v) is 15.2. The van der Waals surface area contributed by atoms with Crippen molar-refractivity contribution in [1.29, 1.82) is 0 Å². The van der Waals surface area contributed by atoms with E-state index in [1.54, 1.807) is 43.3 Å². The second kappa shape index (κ2) is 7.76. The summed E-state index contributed by atoms with van der Waals surface area (Å²) in [5, 5.41) is 1.22. The summed E-state index contributed by atoms with van der Waals surface area (Å²) in [5.41, 5.74) is 0.232. The van der Waals surface area contributed by atoms with E-state index in [-0.39, 0.29) is 18.0 Å². The van der Waals surface area contributed by atoms with Crippen LogP contribution in [0.15, 0.2) is 47.3 Å². The fourth-order valence-electron chi connectivity index (χ4n) is 2.31. The van der Waals surface area contributed by atoms with Gasteiger partial charge < -0.3 is 14.5 Å². The molecule has 0 bridgehead atoms. The number of halogens is 2. The van der Waals surface area contributed by atoms with E-state index in [1.807, 2.05) is 0 Å². The van der Waals surface area contributed by atoms with Crippen molar-refractivity contribution in [3.8, 4) is 5.75 Å². The number of carbonyl (C=O) groups excluding carboxylic acids is 1. The van der Waals surface area contributed by atoms with Crippen LogP contribution in [0.2, 0.25) is 10.0 Å². The molecule has 1 aromatic heterocycles. The molecule has 0 aliphatic heterocycles. The summed E-state index contributed by atoms with van der Waals surface area (Å²) in [6.45, 7) is 1.27. The third-order valence-electron chi connectivity index (χ3n) is 3.56. The molecule has 0 amide bonds.